The van der Waals surface area contributed by atoms with Crippen molar-refractivity contribution in [1.29, 1.82) is 0 Å². The highest BCUT2D eigenvalue weighted by atomic mass is 16.5. The van der Waals surface area contributed by atoms with Crippen LogP contribution in [-0.4, -0.2) is 22.6 Å². The zero-order valence-electron chi connectivity index (χ0n) is 14.0. The summed E-state index contributed by atoms with van der Waals surface area (Å²) in [5.41, 5.74) is 2.35. The number of aromatic nitrogens is 1. The molecule has 2 aromatic rings. The molecule has 2 heterocycles. The molecule has 4 nitrogen and oxygen atoms in total. The Morgan fingerprint density at radius 1 is 1.17 bits per heavy atom. The third kappa shape index (κ3) is 2.81. The van der Waals surface area contributed by atoms with Gasteiger partial charge in [0.1, 0.15) is 17.3 Å². The number of hydrogen-bond donors (Lipinski definition) is 0. The van der Waals surface area contributed by atoms with Gasteiger partial charge in [-0.25, -0.2) is 0 Å². The first kappa shape index (κ1) is 15.5. The third-order valence-electron chi connectivity index (χ3n) is 4.22. The first-order valence-corrected chi connectivity index (χ1v) is 8.05. The van der Waals surface area contributed by atoms with Crippen molar-refractivity contribution < 1.29 is 9.53 Å². The van der Waals surface area contributed by atoms with Crippen molar-refractivity contribution in [2.75, 3.05) is 0 Å². The number of pyridine rings is 1. The van der Waals surface area contributed by atoms with E-state index in [-0.39, 0.29) is 18.1 Å². The van der Waals surface area contributed by atoms with Gasteiger partial charge in [-0.1, -0.05) is 25.1 Å². The van der Waals surface area contributed by atoms with Crippen molar-refractivity contribution in [3.8, 4) is 5.75 Å². The van der Waals surface area contributed by atoms with Crippen LogP contribution in [0.5, 0.6) is 5.75 Å². The molecular weight excluding hydrogens is 288 g/mol. The average Bonchev–Trinajstić information content (AvgIpc) is 2.82. The van der Waals surface area contributed by atoms with Gasteiger partial charge in [0.15, 0.2) is 0 Å². The first-order valence-electron chi connectivity index (χ1n) is 8.05. The monoisotopic (exact) mass is 310 g/mol. The van der Waals surface area contributed by atoms with E-state index in [1.807, 2.05) is 57.2 Å². The van der Waals surface area contributed by atoms with E-state index in [2.05, 4.69) is 11.9 Å². The lowest BCUT2D eigenvalue weighted by Crippen LogP contribution is -2.28. The van der Waals surface area contributed by atoms with Gasteiger partial charge in [-0.3, -0.25) is 14.4 Å². The van der Waals surface area contributed by atoms with E-state index in [1.165, 1.54) is 0 Å². The fourth-order valence-electron chi connectivity index (χ4n) is 2.86. The second kappa shape index (κ2) is 6.03. The van der Waals surface area contributed by atoms with Crippen LogP contribution in [-0.2, 0) is 0 Å². The number of fused-ring (bicyclic) bond motifs is 1. The summed E-state index contributed by atoms with van der Waals surface area (Å²) in [5.74, 6) is 0.894. The summed E-state index contributed by atoms with van der Waals surface area (Å²) in [6.45, 7) is 8.15. The summed E-state index contributed by atoms with van der Waals surface area (Å²) in [5, 5.41) is 0. The second-order valence-corrected chi connectivity index (χ2v) is 6.29. The number of hydrogen-bond acceptors (Lipinski definition) is 3. The van der Waals surface area contributed by atoms with Crippen LogP contribution in [0.25, 0.3) is 0 Å². The largest absolute Gasteiger partial charge is 0.489 e. The molecule has 0 spiro atoms. The summed E-state index contributed by atoms with van der Waals surface area (Å²) in [7, 11) is 0. The molecule has 1 aromatic heterocycles. The van der Waals surface area contributed by atoms with Gasteiger partial charge < -0.3 is 4.74 Å². The normalized spacial score (nSPS) is 20.5. The summed E-state index contributed by atoms with van der Waals surface area (Å²) in [6, 6.07) is 11.5. The van der Waals surface area contributed by atoms with Crippen molar-refractivity contribution in [3.63, 3.8) is 0 Å². The van der Waals surface area contributed by atoms with Gasteiger partial charge in [-0.05, 0) is 39.0 Å². The Bertz CT molecular complexity index is 805. The Hall–Kier alpha value is -2.36. The molecule has 1 aliphatic rings. The summed E-state index contributed by atoms with van der Waals surface area (Å²) in [6.07, 6.45) is 1.84. The van der Waals surface area contributed by atoms with E-state index >= 15 is 0 Å². The number of carbonyl (C=O) groups is 1. The molecule has 0 fully saturated rings. The van der Waals surface area contributed by atoms with E-state index in [0.29, 0.717) is 22.7 Å². The van der Waals surface area contributed by atoms with Gasteiger partial charge in [-0.15, -0.1) is 0 Å². The number of carbonyl (C=O) groups excluding carboxylic acids is 1. The minimum atomic E-state index is -0.108. The van der Waals surface area contributed by atoms with Gasteiger partial charge in [0.2, 0.25) is 0 Å². The molecule has 4 heteroatoms. The summed E-state index contributed by atoms with van der Waals surface area (Å²) >= 11 is 0. The Morgan fingerprint density at radius 3 is 2.70 bits per heavy atom. The maximum Gasteiger partial charge on any atom is 0.267 e. The van der Waals surface area contributed by atoms with Crippen LogP contribution in [0.3, 0.4) is 0 Å². The molecular formula is C19H22N2O2. The van der Waals surface area contributed by atoms with Crippen LogP contribution in [0.2, 0.25) is 0 Å². The van der Waals surface area contributed by atoms with E-state index in [1.54, 1.807) is 10.8 Å². The molecule has 3 rings (SSSR count). The molecule has 2 atom stereocenters. The zero-order chi connectivity index (χ0) is 16.6. The highest BCUT2D eigenvalue weighted by molar-refractivity contribution is 5.99. The number of para-hydroxylation sites is 1. The molecule has 0 saturated heterocycles. The van der Waals surface area contributed by atoms with E-state index < -0.39 is 0 Å². The van der Waals surface area contributed by atoms with Crippen LogP contribution in [0, 0.1) is 0 Å². The Kier molecular flexibility index (Phi) is 4.07. The van der Waals surface area contributed by atoms with Gasteiger partial charge in [-0.2, -0.15) is 0 Å². The molecule has 23 heavy (non-hydrogen) atoms. The van der Waals surface area contributed by atoms with Crippen molar-refractivity contribution in [2.24, 2.45) is 4.99 Å². The highest BCUT2D eigenvalue weighted by Crippen LogP contribution is 2.40. The quantitative estimate of drug-likeness (QED) is 0.853. The lowest BCUT2D eigenvalue weighted by Gasteiger charge is -2.11. The number of ether oxygens (including phenoxy) is 1. The predicted octanol–water partition coefficient (Wildman–Crippen LogP) is 3.37. The first-order chi connectivity index (χ1) is 11.0. The average molecular weight is 310 g/mol. The van der Waals surface area contributed by atoms with E-state index in [9.17, 15) is 4.79 Å². The smallest absolute Gasteiger partial charge is 0.267 e. The van der Waals surface area contributed by atoms with Crippen LogP contribution in [0.15, 0.2) is 47.6 Å². The molecule has 0 aliphatic carbocycles. The number of rotatable bonds is 2. The standard InChI is InChI=1S/C19H22N2O2/c1-12(2)20-17-10-5-6-11-21(17)19(22)16-9-7-8-15-13(3)14(4)23-18(15)16/h5-14H,1-4H3. The van der Waals surface area contributed by atoms with Gasteiger partial charge in [0.25, 0.3) is 5.91 Å². The van der Waals surface area contributed by atoms with E-state index in [0.717, 1.165) is 5.56 Å². The molecule has 1 aromatic carbocycles. The molecule has 120 valence electrons. The fourth-order valence-corrected chi connectivity index (χ4v) is 2.86. The topological polar surface area (TPSA) is 43.6 Å². The molecule has 0 N–H and O–H groups in total. The van der Waals surface area contributed by atoms with Gasteiger partial charge >= 0.3 is 0 Å². The molecule has 0 amide bonds. The molecule has 1 aliphatic heterocycles. The molecule has 0 radical (unpaired) electrons. The minimum absolute atomic E-state index is 0.0829. The third-order valence-corrected chi connectivity index (χ3v) is 4.22. The SMILES string of the molecule is CC(C)N=c1ccccn1C(=O)c1cccc2c1OC(C)C2C. The van der Waals surface area contributed by atoms with E-state index in [4.69, 9.17) is 4.74 Å². The maximum absolute atomic E-state index is 13.0. The lowest BCUT2D eigenvalue weighted by atomic mass is 9.97. The van der Waals surface area contributed by atoms with Crippen LogP contribution >= 0.6 is 0 Å². The zero-order valence-corrected chi connectivity index (χ0v) is 14.0. The van der Waals surface area contributed by atoms with Crippen molar-refractivity contribution in [3.05, 3.63) is 59.2 Å². The maximum atomic E-state index is 13.0. The van der Waals surface area contributed by atoms with Crippen molar-refractivity contribution in [2.45, 2.75) is 45.8 Å². The Morgan fingerprint density at radius 2 is 1.96 bits per heavy atom. The van der Waals surface area contributed by atoms with Crippen LogP contribution in [0.4, 0.5) is 0 Å². The van der Waals surface area contributed by atoms with Crippen LogP contribution in [0.1, 0.15) is 49.5 Å². The number of nitrogens with zero attached hydrogens (tertiary/aromatic N) is 2. The molecule has 2 unspecified atom stereocenters. The van der Waals surface area contributed by atoms with Crippen molar-refractivity contribution >= 4 is 5.91 Å². The summed E-state index contributed by atoms with van der Waals surface area (Å²) in [4.78, 5) is 17.6. The Labute approximate surface area is 136 Å². The van der Waals surface area contributed by atoms with Gasteiger partial charge in [0, 0.05) is 23.7 Å². The Balaban J connectivity index is 2.11. The fraction of sp³-hybridized carbons (Fsp3) is 0.368. The minimum Gasteiger partial charge on any atom is -0.489 e. The predicted molar refractivity (Wildman–Crippen MR) is 89.8 cm³/mol. The second-order valence-electron chi connectivity index (χ2n) is 6.29. The molecule has 0 bridgehead atoms. The van der Waals surface area contributed by atoms with Gasteiger partial charge in [0.05, 0.1) is 5.56 Å². The molecule has 0 saturated carbocycles. The van der Waals surface area contributed by atoms with Crippen LogP contribution < -0.4 is 10.2 Å². The number of benzene rings is 1. The highest BCUT2D eigenvalue weighted by Gasteiger charge is 2.31. The summed E-state index contributed by atoms with van der Waals surface area (Å²) < 4.78 is 7.54. The van der Waals surface area contributed by atoms with Crippen molar-refractivity contribution in [1.82, 2.24) is 4.57 Å². The lowest BCUT2D eigenvalue weighted by molar-refractivity contribution is 0.0949.